The molecule has 0 saturated carbocycles. The molecule has 1 saturated heterocycles. The summed E-state index contributed by atoms with van der Waals surface area (Å²) in [5, 5.41) is 20.0. The number of nitro groups is 1. The highest BCUT2D eigenvalue weighted by molar-refractivity contribution is 5.91. The minimum Gasteiger partial charge on any atom is -0.337 e. The van der Waals surface area contributed by atoms with E-state index < -0.39 is 4.92 Å². The molecule has 1 aliphatic rings. The minimum atomic E-state index is -0.460. The first-order valence-corrected chi connectivity index (χ1v) is 8.27. The van der Waals surface area contributed by atoms with Crippen LogP contribution in [0.3, 0.4) is 0 Å². The lowest BCUT2D eigenvalue weighted by atomic mass is 10.0. The fourth-order valence-electron chi connectivity index (χ4n) is 2.89. The van der Waals surface area contributed by atoms with E-state index in [2.05, 4.69) is 11.0 Å². The number of non-ortho nitro benzene ring substituents is 1. The number of nitrogens with zero attached hydrogens (tertiary/aromatic N) is 4. The average molecular weight is 342 g/mol. The zero-order chi connectivity index (χ0) is 18.4. The maximum atomic E-state index is 12.3. The molecular formula is C18H22N4O3. The smallest absolute Gasteiger partial charge is 0.270 e. The molecule has 1 amide bonds. The molecule has 7 nitrogen and oxygen atoms in total. The second-order valence-corrected chi connectivity index (χ2v) is 6.36. The number of benzene rings is 1. The van der Waals surface area contributed by atoms with E-state index in [4.69, 9.17) is 0 Å². The van der Waals surface area contributed by atoms with Gasteiger partial charge in [0, 0.05) is 44.4 Å². The van der Waals surface area contributed by atoms with Gasteiger partial charge < -0.3 is 4.90 Å². The van der Waals surface area contributed by atoms with E-state index in [0.29, 0.717) is 31.7 Å². The number of hydrogen-bond donors (Lipinski definition) is 0. The molecule has 1 aromatic carbocycles. The van der Waals surface area contributed by atoms with E-state index in [1.807, 2.05) is 13.8 Å². The fraction of sp³-hybridized carbons (Fsp3) is 0.444. The molecule has 0 bridgehead atoms. The first-order valence-electron chi connectivity index (χ1n) is 8.27. The zero-order valence-electron chi connectivity index (χ0n) is 14.5. The molecular weight excluding hydrogens is 320 g/mol. The summed E-state index contributed by atoms with van der Waals surface area (Å²) in [5.74, 6) is 0.130. The van der Waals surface area contributed by atoms with E-state index in [-0.39, 0.29) is 23.6 Å². The molecule has 2 rings (SSSR count). The predicted molar refractivity (Wildman–Crippen MR) is 94.5 cm³/mol. The van der Waals surface area contributed by atoms with Crippen molar-refractivity contribution < 1.29 is 9.72 Å². The Morgan fingerprint density at radius 2 is 2.00 bits per heavy atom. The highest BCUT2D eigenvalue weighted by Crippen LogP contribution is 2.15. The van der Waals surface area contributed by atoms with E-state index in [1.165, 1.54) is 18.2 Å². The number of piperazine rings is 1. The highest BCUT2D eigenvalue weighted by atomic mass is 16.6. The predicted octanol–water partition coefficient (Wildman–Crippen LogP) is 2.30. The summed E-state index contributed by atoms with van der Waals surface area (Å²) in [4.78, 5) is 26.5. The summed E-state index contributed by atoms with van der Waals surface area (Å²) in [6.07, 6.45) is 3.03. The van der Waals surface area contributed by atoms with Crippen molar-refractivity contribution in [1.82, 2.24) is 9.80 Å². The Morgan fingerprint density at radius 3 is 2.56 bits per heavy atom. The Bertz CT molecular complexity index is 701. The number of nitro benzene ring substituents is 1. The van der Waals surface area contributed by atoms with Crippen molar-refractivity contribution in [3.63, 3.8) is 0 Å². The lowest BCUT2D eigenvalue weighted by Crippen LogP contribution is -2.52. The minimum absolute atomic E-state index is 0.000515. The molecule has 1 aromatic rings. The van der Waals surface area contributed by atoms with E-state index >= 15 is 0 Å². The normalized spacial score (nSPS) is 16.8. The third-order valence-electron chi connectivity index (χ3n) is 4.28. The molecule has 1 aliphatic heterocycles. The maximum Gasteiger partial charge on any atom is 0.270 e. The Labute approximate surface area is 147 Å². The Hall–Kier alpha value is -2.72. The molecule has 0 N–H and O–H groups in total. The number of amides is 1. The van der Waals surface area contributed by atoms with Crippen molar-refractivity contribution in [2.45, 2.75) is 19.9 Å². The van der Waals surface area contributed by atoms with Crippen LogP contribution in [0.5, 0.6) is 0 Å². The van der Waals surface area contributed by atoms with Gasteiger partial charge in [0.15, 0.2) is 0 Å². The molecule has 132 valence electrons. The van der Waals surface area contributed by atoms with Gasteiger partial charge in [-0.1, -0.05) is 26.0 Å². The van der Waals surface area contributed by atoms with Gasteiger partial charge >= 0.3 is 0 Å². The molecule has 1 atom stereocenters. The first-order chi connectivity index (χ1) is 11.9. The van der Waals surface area contributed by atoms with Crippen LogP contribution in [0, 0.1) is 27.4 Å². The van der Waals surface area contributed by atoms with Crippen LogP contribution in [0.1, 0.15) is 19.4 Å². The molecule has 0 aliphatic carbocycles. The van der Waals surface area contributed by atoms with E-state index in [1.54, 1.807) is 23.1 Å². The van der Waals surface area contributed by atoms with Crippen molar-refractivity contribution in [1.29, 1.82) is 5.26 Å². The van der Waals surface area contributed by atoms with Gasteiger partial charge in [0.25, 0.3) is 5.69 Å². The van der Waals surface area contributed by atoms with Gasteiger partial charge in [-0.25, -0.2) is 0 Å². The van der Waals surface area contributed by atoms with Crippen molar-refractivity contribution in [3.05, 3.63) is 46.0 Å². The summed E-state index contributed by atoms with van der Waals surface area (Å²) in [7, 11) is 0. The van der Waals surface area contributed by atoms with Crippen molar-refractivity contribution in [3.8, 4) is 6.07 Å². The van der Waals surface area contributed by atoms with Crippen LogP contribution in [-0.4, -0.2) is 52.9 Å². The standard InChI is InChI=1S/C18H22N4O3/c1-14(2)17(13-19)20-8-10-21(11-9-20)18(23)7-6-15-4-3-5-16(12-15)22(24)25/h3-7,12,14,17H,8-11H2,1-2H3/b7-6+. The Kier molecular flexibility index (Phi) is 6.25. The van der Waals surface area contributed by atoms with Gasteiger partial charge in [0.05, 0.1) is 11.0 Å². The van der Waals surface area contributed by atoms with Gasteiger partial charge in [0.1, 0.15) is 6.04 Å². The third-order valence-corrected chi connectivity index (χ3v) is 4.28. The average Bonchev–Trinajstić information content (AvgIpc) is 2.61. The summed E-state index contributed by atoms with van der Waals surface area (Å²) >= 11 is 0. The van der Waals surface area contributed by atoms with Gasteiger partial charge in [-0.3, -0.25) is 19.8 Å². The van der Waals surface area contributed by atoms with Gasteiger partial charge in [-0.15, -0.1) is 0 Å². The number of carbonyl (C=O) groups is 1. The zero-order valence-corrected chi connectivity index (χ0v) is 14.5. The molecule has 1 heterocycles. The van der Waals surface area contributed by atoms with Crippen LogP contribution in [0.15, 0.2) is 30.3 Å². The molecule has 0 radical (unpaired) electrons. The SMILES string of the molecule is CC(C)C(C#N)N1CCN(C(=O)/C=C/c2cccc([N+](=O)[O-])c2)CC1. The molecule has 1 unspecified atom stereocenters. The number of rotatable bonds is 5. The molecule has 25 heavy (non-hydrogen) atoms. The molecule has 7 heteroatoms. The van der Waals surface area contributed by atoms with E-state index in [9.17, 15) is 20.2 Å². The van der Waals surface area contributed by atoms with Crippen molar-refractivity contribution in [2.75, 3.05) is 26.2 Å². The van der Waals surface area contributed by atoms with Crippen LogP contribution in [-0.2, 0) is 4.79 Å². The van der Waals surface area contributed by atoms with Gasteiger partial charge in [0.2, 0.25) is 5.91 Å². The monoisotopic (exact) mass is 342 g/mol. The number of nitriles is 1. The van der Waals surface area contributed by atoms with Crippen LogP contribution in [0.2, 0.25) is 0 Å². The topological polar surface area (TPSA) is 90.5 Å². The van der Waals surface area contributed by atoms with Gasteiger partial charge in [-0.2, -0.15) is 5.26 Å². The lowest BCUT2D eigenvalue weighted by Gasteiger charge is -2.37. The summed E-state index contributed by atoms with van der Waals surface area (Å²) in [6.45, 7) is 6.53. The summed E-state index contributed by atoms with van der Waals surface area (Å²) < 4.78 is 0. The fourth-order valence-corrected chi connectivity index (χ4v) is 2.89. The Morgan fingerprint density at radius 1 is 1.32 bits per heavy atom. The lowest BCUT2D eigenvalue weighted by molar-refractivity contribution is -0.384. The number of hydrogen-bond acceptors (Lipinski definition) is 5. The third kappa shape index (κ3) is 4.88. The summed E-state index contributed by atoms with van der Waals surface area (Å²) in [6, 6.07) is 8.36. The van der Waals surface area contributed by atoms with Crippen molar-refractivity contribution >= 4 is 17.7 Å². The van der Waals surface area contributed by atoms with Crippen LogP contribution in [0.25, 0.3) is 6.08 Å². The van der Waals surface area contributed by atoms with Crippen LogP contribution >= 0.6 is 0 Å². The van der Waals surface area contributed by atoms with Crippen LogP contribution in [0.4, 0.5) is 5.69 Å². The van der Waals surface area contributed by atoms with E-state index in [0.717, 1.165) is 0 Å². The Balaban J connectivity index is 1.94. The summed E-state index contributed by atoms with van der Waals surface area (Å²) in [5.41, 5.74) is 0.616. The molecule has 0 spiro atoms. The van der Waals surface area contributed by atoms with Crippen LogP contribution < -0.4 is 0 Å². The largest absolute Gasteiger partial charge is 0.337 e. The second-order valence-electron chi connectivity index (χ2n) is 6.36. The van der Waals surface area contributed by atoms with Crippen molar-refractivity contribution in [2.24, 2.45) is 5.92 Å². The number of carbonyl (C=O) groups excluding carboxylic acids is 1. The first kappa shape index (κ1) is 18.6. The quantitative estimate of drug-likeness (QED) is 0.465. The molecule has 1 fully saturated rings. The van der Waals surface area contributed by atoms with Gasteiger partial charge in [-0.05, 0) is 17.6 Å². The molecule has 0 aromatic heterocycles. The second kappa shape index (κ2) is 8.40. The maximum absolute atomic E-state index is 12.3. The highest BCUT2D eigenvalue weighted by Gasteiger charge is 2.26.